The van der Waals surface area contributed by atoms with E-state index in [-0.39, 0.29) is 5.56 Å². The molecule has 0 aliphatic heterocycles. The molecule has 3 aromatic rings. The number of carbonyl (C=O) groups is 1. The monoisotopic (exact) mass is 367 g/mol. The third-order valence-corrected chi connectivity index (χ3v) is 4.48. The Balaban J connectivity index is 2.40. The molecule has 2 aromatic heterocycles. The molecule has 0 aliphatic carbocycles. The maximum absolute atomic E-state index is 12.6. The van der Waals surface area contributed by atoms with Gasteiger partial charge in [0, 0.05) is 44.5 Å². The highest BCUT2D eigenvalue weighted by Crippen LogP contribution is 2.36. The van der Waals surface area contributed by atoms with Crippen LogP contribution in [0.3, 0.4) is 0 Å². The summed E-state index contributed by atoms with van der Waals surface area (Å²) in [5.74, 6) is 1.55. The maximum atomic E-state index is 12.6. The van der Waals surface area contributed by atoms with Crippen molar-refractivity contribution in [3.8, 4) is 22.6 Å². The van der Waals surface area contributed by atoms with Gasteiger partial charge < -0.3 is 18.9 Å². The Morgan fingerprint density at radius 3 is 2.22 bits per heavy atom. The van der Waals surface area contributed by atoms with Crippen molar-refractivity contribution in [1.82, 2.24) is 9.55 Å². The predicted molar refractivity (Wildman–Crippen MR) is 105 cm³/mol. The lowest BCUT2D eigenvalue weighted by Crippen LogP contribution is -2.18. The number of methoxy groups -OCH3 is 2. The predicted octanol–water partition coefficient (Wildman–Crippen LogP) is 2.50. The number of carbonyl (C=O) groups excluding carboxylic acids is 1. The number of rotatable bonds is 5. The highest BCUT2D eigenvalue weighted by Gasteiger charge is 2.17. The van der Waals surface area contributed by atoms with Crippen molar-refractivity contribution in [2.24, 2.45) is 7.05 Å². The zero-order valence-electron chi connectivity index (χ0n) is 15.9. The molecule has 2 heterocycles. The van der Waals surface area contributed by atoms with Gasteiger partial charge >= 0.3 is 0 Å². The minimum atomic E-state index is -0.130. The number of fused-ring (bicyclic) bond motifs is 1. The molecule has 0 bridgehead atoms. The van der Waals surface area contributed by atoms with Crippen LogP contribution in [0.5, 0.6) is 11.5 Å². The van der Waals surface area contributed by atoms with E-state index in [1.165, 1.54) is 18.8 Å². The van der Waals surface area contributed by atoms with Crippen LogP contribution in [0.15, 0.2) is 35.4 Å². The number of benzene rings is 1. The van der Waals surface area contributed by atoms with Gasteiger partial charge in [-0.15, -0.1) is 0 Å². The third-order valence-electron chi connectivity index (χ3n) is 4.48. The van der Waals surface area contributed by atoms with Crippen molar-refractivity contribution >= 4 is 22.9 Å². The Bertz CT molecular complexity index is 1060. The van der Waals surface area contributed by atoms with Crippen molar-refractivity contribution in [2.75, 3.05) is 33.2 Å². The van der Waals surface area contributed by atoms with Gasteiger partial charge in [0.05, 0.1) is 25.2 Å². The second kappa shape index (κ2) is 7.11. The second-order valence-electron chi connectivity index (χ2n) is 6.35. The summed E-state index contributed by atoms with van der Waals surface area (Å²) >= 11 is 0. The zero-order chi connectivity index (χ0) is 19.7. The second-order valence-corrected chi connectivity index (χ2v) is 6.35. The summed E-state index contributed by atoms with van der Waals surface area (Å²) in [5.41, 5.74) is 1.79. The summed E-state index contributed by atoms with van der Waals surface area (Å²) < 4.78 is 12.3. The van der Waals surface area contributed by atoms with E-state index in [1.807, 2.05) is 25.1 Å². The molecular formula is C20H21N3O4. The van der Waals surface area contributed by atoms with Gasteiger partial charge in [-0.1, -0.05) is 0 Å². The Morgan fingerprint density at radius 1 is 1.07 bits per heavy atom. The van der Waals surface area contributed by atoms with Crippen molar-refractivity contribution in [1.29, 1.82) is 0 Å². The van der Waals surface area contributed by atoms with Crippen LogP contribution in [0.2, 0.25) is 0 Å². The molecule has 0 aliphatic rings. The molecule has 0 atom stereocenters. The van der Waals surface area contributed by atoms with E-state index in [1.54, 1.807) is 31.6 Å². The lowest BCUT2D eigenvalue weighted by Gasteiger charge is -2.16. The first-order valence-corrected chi connectivity index (χ1v) is 8.29. The van der Waals surface area contributed by atoms with Crippen molar-refractivity contribution in [2.45, 2.75) is 0 Å². The van der Waals surface area contributed by atoms with E-state index in [4.69, 9.17) is 9.47 Å². The molecule has 0 N–H and O–H groups in total. The van der Waals surface area contributed by atoms with E-state index in [9.17, 15) is 9.59 Å². The van der Waals surface area contributed by atoms with Crippen LogP contribution in [-0.2, 0) is 7.05 Å². The molecule has 0 spiro atoms. The highest BCUT2D eigenvalue weighted by atomic mass is 16.5. The third kappa shape index (κ3) is 3.12. The molecule has 0 saturated carbocycles. The van der Waals surface area contributed by atoms with Crippen molar-refractivity contribution in [3.63, 3.8) is 0 Å². The molecule has 0 radical (unpaired) electrons. The number of ether oxygens (including phenoxy) is 2. The largest absolute Gasteiger partial charge is 0.496 e. The number of pyridine rings is 2. The summed E-state index contributed by atoms with van der Waals surface area (Å²) in [6, 6.07) is 5.40. The first kappa shape index (κ1) is 18.4. The fourth-order valence-corrected chi connectivity index (χ4v) is 3.03. The minimum absolute atomic E-state index is 0.130. The van der Waals surface area contributed by atoms with Gasteiger partial charge in [0.1, 0.15) is 17.3 Å². The van der Waals surface area contributed by atoms with Gasteiger partial charge in [0.2, 0.25) is 0 Å². The molecule has 0 fully saturated rings. The van der Waals surface area contributed by atoms with E-state index in [0.29, 0.717) is 28.7 Å². The highest BCUT2D eigenvalue weighted by molar-refractivity contribution is 5.98. The number of hydrogen-bond acceptors (Lipinski definition) is 6. The zero-order valence-corrected chi connectivity index (χ0v) is 15.9. The van der Waals surface area contributed by atoms with Gasteiger partial charge in [-0.3, -0.25) is 9.59 Å². The van der Waals surface area contributed by atoms with E-state index in [2.05, 4.69) is 4.98 Å². The molecule has 7 heteroatoms. The maximum Gasteiger partial charge on any atom is 0.259 e. The van der Waals surface area contributed by atoms with Crippen LogP contribution in [0.4, 0.5) is 5.82 Å². The van der Waals surface area contributed by atoms with Crippen molar-refractivity contribution < 1.29 is 14.3 Å². The number of aromatic nitrogens is 2. The lowest BCUT2D eigenvalue weighted by atomic mass is 9.99. The molecule has 0 saturated heterocycles. The Hall–Kier alpha value is -3.35. The number of anilines is 1. The Morgan fingerprint density at radius 2 is 1.70 bits per heavy atom. The molecule has 1 aromatic carbocycles. The molecular weight excluding hydrogens is 346 g/mol. The van der Waals surface area contributed by atoms with E-state index >= 15 is 0 Å². The summed E-state index contributed by atoms with van der Waals surface area (Å²) in [4.78, 5) is 30.2. The number of nitrogens with zero attached hydrogens (tertiary/aromatic N) is 3. The number of aryl methyl sites for hydroxylation is 1. The minimum Gasteiger partial charge on any atom is -0.496 e. The van der Waals surface area contributed by atoms with Crippen LogP contribution < -0.4 is 19.9 Å². The first-order chi connectivity index (χ1) is 12.9. The Labute approximate surface area is 156 Å². The van der Waals surface area contributed by atoms with Gasteiger partial charge in [-0.25, -0.2) is 4.98 Å². The fourth-order valence-electron chi connectivity index (χ4n) is 3.03. The van der Waals surface area contributed by atoms with Crippen LogP contribution in [-0.4, -0.2) is 44.2 Å². The topological polar surface area (TPSA) is 73.7 Å². The number of aldehydes is 1. The molecule has 27 heavy (non-hydrogen) atoms. The van der Waals surface area contributed by atoms with Crippen LogP contribution in [0.25, 0.3) is 21.9 Å². The molecule has 3 rings (SSSR count). The van der Waals surface area contributed by atoms with Gasteiger partial charge in [0.15, 0.2) is 6.29 Å². The lowest BCUT2D eigenvalue weighted by molar-refractivity contribution is 0.111. The van der Waals surface area contributed by atoms with Crippen molar-refractivity contribution in [3.05, 3.63) is 46.5 Å². The molecule has 7 nitrogen and oxygen atoms in total. The van der Waals surface area contributed by atoms with Gasteiger partial charge in [0.25, 0.3) is 5.56 Å². The quantitative estimate of drug-likeness (QED) is 0.645. The summed E-state index contributed by atoms with van der Waals surface area (Å²) in [6.07, 6.45) is 4.05. The summed E-state index contributed by atoms with van der Waals surface area (Å²) in [6.45, 7) is 0. The van der Waals surface area contributed by atoms with E-state index < -0.39 is 0 Å². The van der Waals surface area contributed by atoms with Crippen LogP contribution in [0, 0.1) is 0 Å². The molecule has 0 unspecified atom stereocenters. The van der Waals surface area contributed by atoms with Crippen LogP contribution in [0.1, 0.15) is 10.4 Å². The van der Waals surface area contributed by atoms with E-state index in [0.717, 1.165) is 22.3 Å². The summed E-state index contributed by atoms with van der Waals surface area (Å²) in [5, 5.41) is 1.28. The summed E-state index contributed by atoms with van der Waals surface area (Å²) in [7, 11) is 8.47. The first-order valence-electron chi connectivity index (χ1n) is 8.29. The average Bonchev–Trinajstić information content (AvgIpc) is 2.68. The normalized spacial score (nSPS) is 10.7. The fraction of sp³-hybridized carbons (Fsp3) is 0.250. The molecule has 140 valence electrons. The average molecular weight is 367 g/mol. The molecule has 0 amide bonds. The van der Waals surface area contributed by atoms with Gasteiger partial charge in [-0.2, -0.15) is 0 Å². The number of hydrogen-bond donors (Lipinski definition) is 0. The Kier molecular flexibility index (Phi) is 4.85. The van der Waals surface area contributed by atoms with Crippen LogP contribution >= 0.6 is 0 Å². The smallest absolute Gasteiger partial charge is 0.259 e. The van der Waals surface area contributed by atoms with Gasteiger partial charge in [-0.05, 0) is 23.8 Å². The SMILES string of the molecule is COc1cc(-c2cn(C)c(=O)c3cnc(N(C)C)cc23)cc(OC)c1C=O. The standard InChI is InChI=1S/C20H21N3O4/c1-22(2)19-8-13-14(9-21-19)20(25)23(3)10-15(13)12-6-17(26-4)16(11-24)18(7-12)27-5/h6-11H,1-5H3.